The number of hydrogen-bond acceptors (Lipinski definition) is 13. The molecule has 0 spiro atoms. The topological polar surface area (TPSA) is 338 Å². The first-order valence-electron chi connectivity index (χ1n) is 11.4. The Morgan fingerprint density at radius 2 is 1.59 bits per heavy atom. The van der Waals surface area contributed by atoms with E-state index in [-0.39, 0.29) is 12.4 Å². The van der Waals surface area contributed by atoms with Gasteiger partial charge in [0.1, 0.15) is 29.9 Å². The van der Waals surface area contributed by atoms with E-state index in [0.29, 0.717) is 6.20 Å². The van der Waals surface area contributed by atoms with Gasteiger partial charge in [-0.2, -0.15) is 0 Å². The molecular weight excluding hydrogens is 526 g/mol. The highest BCUT2D eigenvalue weighted by molar-refractivity contribution is 6.02. The predicted octanol–water partition coefficient (Wildman–Crippen LogP) is -8.50. The molecule has 20 nitrogen and oxygen atoms in total. The summed E-state index contributed by atoms with van der Waals surface area (Å²) < 4.78 is 0. The van der Waals surface area contributed by atoms with Crippen LogP contribution in [0.25, 0.3) is 0 Å². The van der Waals surface area contributed by atoms with Crippen molar-refractivity contribution in [3.8, 4) is 0 Å². The summed E-state index contributed by atoms with van der Waals surface area (Å²) in [5.74, 6) is -5.56. The molecular formula is C19H31N11O9. The Morgan fingerprint density at radius 3 is 2.18 bits per heavy atom. The number of carbonyl (C=O) groups is 6. The fraction of sp³-hybridized carbons (Fsp3) is 0.526. The van der Waals surface area contributed by atoms with Crippen LogP contribution in [0.5, 0.6) is 0 Å². The first-order valence-corrected chi connectivity index (χ1v) is 11.4. The van der Waals surface area contributed by atoms with Crippen molar-refractivity contribution in [1.29, 1.82) is 0 Å². The number of guanidine groups is 1. The third-order valence-electron chi connectivity index (χ3n) is 5.38. The molecule has 0 unspecified atom stereocenters. The second-order valence-electron chi connectivity index (χ2n) is 8.33. The van der Waals surface area contributed by atoms with Crippen molar-refractivity contribution in [3.63, 3.8) is 0 Å². The number of aliphatic hydroxyl groups is 3. The zero-order valence-corrected chi connectivity index (χ0v) is 20.3. The van der Waals surface area contributed by atoms with Crippen LogP contribution >= 0.6 is 0 Å². The van der Waals surface area contributed by atoms with E-state index in [0.717, 1.165) is 0 Å². The number of nitrogens with one attached hydrogen (secondary N) is 7. The maximum atomic E-state index is 13.1. The minimum absolute atomic E-state index is 0.215. The van der Waals surface area contributed by atoms with Gasteiger partial charge in [-0.05, 0) is 0 Å². The van der Waals surface area contributed by atoms with Crippen LogP contribution in [0.2, 0.25) is 0 Å². The minimum Gasteiger partial charge on any atom is -0.394 e. The van der Waals surface area contributed by atoms with E-state index in [1.165, 1.54) is 0 Å². The summed E-state index contributed by atoms with van der Waals surface area (Å²) >= 11 is 0. The number of aliphatic imine (C=N–C) groups is 1. The number of primary amides is 1. The number of nitrogens with two attached hydrogens (primary N) is 3. The summed E-state index contributed by atoms with van der Waals surface area (Å²) in [5, 5.41) is 44.7. The van der Waals surface area contributed by atoms with E-state index in [4.69, 9.17) is 17.2 Å². The van der Waals surface area contributed by atoms with Gasteiger partial charge in [-0.25, -0.2) is 9.79 Å². The molecule has 0 bridgehead atoms. The predicted molar refractivity (Wildman–Crippen MR) is 129 cm³/mol. The largest absolute Gasteiger partial charge is 0.394 e. The molecule has 6 atom stereocenters. The van der Waals surface area contributed by atoms with E-state index in [1.807, 2.05) is 5.32 Å². The quantitative estimate of drug-likeness (QED) is 0.143. The Hall–Kier alpha value is -4.53. The molecule has 1 saturated heterocycles. The maximum Gasteiger partial charge on any atom is 0.316 e. The zero-order valence-electron chi connectivity index (χ0n) is 20.3. The van der Waals surface area contributed by atoms with Crippen molar-refractivity contribution < 1.29 is 44.1 Å². The van der Waals surface area contributed by atoms with Crippen LogP contribution in [-0.4, -0.2) is 113 Å². The molecule has 0 aromatic rings. The van der Waals surface area contributed by atoms with Crippen molar-refractivity contribution >= 4 is 41.5 Å². The number of hydrogen-bond donors (Lipinski definition) is 13. The summed E-state index contributed by atoms with van der Waals surface area (Å²) in [6.07, 6.45) is -0.868. The number of carbonyl (C=O) groups excluding carboxylic acids is 6. The summed E-state index contributed by atoms with van der Waals surface area (Å²) in [4.78, 5) is 78.7. The highest BCUT2D eigenvalue weighted by Gasteiger charge is 2.36. The van der Waals surface area contributed by atoms with Gasteiger partial charge in [0.15, 0.2) is 12.2 Å². The van der Waals surface area contributed by atoms with Crippen LogP contribution in [0, 0.1) is 0 Å². The van der Waals surface area contributed by atoms with Gasteiger partial charge >= 0.3 is 6.03 Å². The molecule has 2 rings (SSSR count). The summed E-state index contributed by atoms with van der Waals surface area (Å²) in [5.41, 5.74) is 15.8. The van der Waals surface area contributed by atoms with E-state index in [9.17, 15) is 44.1 Å². The molecule has 0 aromatic heterocycles. The molecule has 16 N–H and O–H groups in total. The molecule has 2 heterocycles. The fourth-order valence-electron chi connectivity index (χ4n) is 3.39. The monoisotopic (exact) mass is 557 g/mol. The maximum absolute atomic E-state index is 13.1. The Labute approximate surface area is 220 Å². The molecule has 1 fully saturated rings. The molecule has 2 aliphatic heterocycles. The van der Waals surface area contributed by atoms with Gasteiger partial charge in [0.2, 0.25) is 23.6 Å². The lowest BCUT2D eigenvalue weighted by atomic mass is 10.0. The van der Waals surface area contributed by atoms with Crippen LogP contribution in [0.4, 0.5) is 4.79 Å². The molecule has 2 aliphatic rings. The zero-order chi connectivity index (χ0) is 29.3. The van der Waals surface area contributed by atoms with Crippen LogP contribution in [0.3, 0.4) is 0 Å². The SMILES string of the molecule is NC(=O)N/C=C1\NC(=O)[C@@H](CO)NC(=O)[C@@H](CO)NC(=O)[C@@H](N)CNC(=O)[C@@H]([C@@H]2C[C@@H](O)N=C(N)N2)NC1=O. The third kappa shape index (κ3) is 8.77. The van der Waals surface area contributed by atoms with Gasteiger partial charge in [-0.1, -0.05) is 0 Å². The first kappa shape index (κ1) is 30.7. The number of rotatable bonds is 4. The second kappa shape index (κ2) is 13.9. The lowest BCUT2D eigenvalue weighted by molar-refractivity contribution is -0.134. The highest BCUT2D eigenvalue weighted by atomic mass is 16.3. The van der Waals surface area contributed by atoms with E-state index >= 15 is 0 Å². The lowest BCUT2D eigenvalue weighted by Crippen LogP contribution is -2.64. The van der Waals surface area contributed by atoms with Gasteiger partial charge < -0.3 is 69.7 Å². The van der Waals surface area contributed by atoms with Gasteiger partial charge in [0.25, 0.3) is 5.91 Å². The summed E-state index contributed by atoms with van der Waals surface area (Å²) in [6, 6.07) is -8.48. The highest BCUT2D eigenvalue weighted by Crippen LogP contribution is 2.10. The van der Waals surface area contributed by atoms with Gasteiger partial charge in [-0.3, -0.25) is 24.0 Å². The van der Waals surface area contributed by atoms with Gasteiger partial charge in [0, 0.05) is 19.2 Å². The second-order valence-corrected chi connectivity index (χ2v) is 8.33. The minimum atomic E-state index is -1.71. The molecule has 0 aliphatic carbocycles. The molecule has 39 heavy (non-hydrogen) atoms. The average molecular weight is 558 g/mol. The average Bonchev–Trinajstić information content (AvgIpc) is 2.87. The Balaban J connectivity index is 2.48. The van der Waals surface area contributed by atoms with Crippen molar-refractivity contribution in [1.82, 2.24) is 37.2 Å². The normalized spacial score (nSPS) is 30.5. The summed E-state index contributed by atoms with van der Waals surface area (Å²) in [6.45, 7) is -2.42. The van der Waals surface area contributed by atoms with Gasteiger partial charge in [0.05, 0.1) is 19.3 Å². The smallest absolute Gasteiger partial charge is 0.316 e. The van der Waals surface area contributed by atoms with Crippen LogP contribution in [0.15, 0.2) is 16.9 Å². The third-order valence-corrected chi connectivity index (χ3v) is 5.38. The van der Waals surface area contributed by atoms with Gasteiger partial charge in [-0.15, -0.1) is 0 Å². The number of amides is 7. The molecule has 0 aromatic carbocycles. The molecule has 0 saturated carbocycles. The molecule has 216 valence electrons. The standard InChI is InChI=1S/C19H31N11O9/c20-6-2-23-17(38)12(7-1-11(33)29-18(21)28-7)30-14(35)8(3-24-19(22)39)25-15(36)10(5-32)27-16(37)9(4-31)26-13(6)34/h3,6-7,9-12,31-33H,1-2,4-5,20H2,(H,23,38)(H,25,36)(H,26,34)(H,27,37)(H,30,35)(H3,21,28,29)(H3,22,24,39)/b8-3-/t6-,7-,9+,10+,11+,12+/m0/s1. The Kier molecular flexibility index (Phi) is 10.9. The molecule has 0 radical (unpaired) electrons. The number of urea groups is 1. The molecule has 7 amide bonds. The van der Waals surface area contributed by atoms with E-state index in [1.54, 1.807) is 0 Å². The van der Waals surface area contributed by atoms with Crippen LogP contribution < -0.4 is 54.4 Å². The van der Waals surface area contributed by atoms with Crippen molar-refractivity contribution in [2.45, 2.75) is 42.9 Å². The first-order chi connectivity index (χ1) is 18.4. The van der Waals surface area contributed by atoms with Crippen LogP contribution in [0.1, 0.15) is 6.42 Å². The number of nitrogens with zero attached hydrogens (tertiary/aromatic N) is 1. The van der Waals surface area contributed by atoms with Crippen molar-refractivity contribution in [2.24, 2.45) is 22.2 Å². The van der Waals surface area contributed by atoms with E-state index < -0.39 is 97.5 Å². The Bertz CT molecular complexity index is 1050. The Morgan fingerprint density at radius 1 is 0.974 bits per heavy atom. The van der Waals surface area contributed by atoms with Crippen molar-refractivity contribution in [2.75, 3.05) is 19.8 Å². The number of aliphatic hydroxyl groups excluding tert-OH is 3. The van der Waals surface area contributed by atoms with Crippen molar-refractivity contribution in [3.05, 3.63) is 11.9 Å². The summed E-state index contributed by atoms with van der Waals surface area (Å²) in [7, 11) is 0. The lowest BCUT2D eigenvalue weighted by Gasteiger charge is -2.32. The molecule has 20 heteroatoms. The van der Waals surface area contributed by atoms with Crippen LogP contribution in [-0.2, 0) is 24.0 Å². The van der Waals surface area contributed by atoms with E-state index in [2.05, 4.69) is 36.9 Å². The fourth-order valence-corrected chi connectivity index (χ4v) is 3.39.